The number of carbonyl (C=O) groups excluding carboxylic acids is 2. The maximum absolute atomic E-state index is 14.1. The van der Waals surface area contributed by atoms with Crippen molar-refractivity contribution in [3.63, 3.8) is 0 Å². The van der Waals surface area contributed by atoms with E-state index in [4.69, 9.17) is 27.9 Å². The lowest BCUT2D eigenvalue weighted by Crippen LogP contribution is -2.52. The van der Waals surface area contributed by atoms with Crippen molar-refractivity contribution in [1.82, 2.24) is 10.2 Å². The van der Waals surface area contributed by atoms with E-state index in [9.17, 15) is 18.0 Å². The first-order chi connectivity index (χ1) is 19.9. The van der Waals surface area contributed by atoms with Crippen LogP contribution in [0.15, 0.2) is 71.6 Å². The van der Waals surface area contributed by atoms with Gasteiger partial charge in [0.15, 0.2) is 0 Å². The van der Waals surface area contributed by atoms with Crippen molar-refractivity contribution in [2.24, 2.45) is 5.92 Å². The summed E-state index contributed by atoms with van der Waals surface area (Å²) in [7, 11) is -2.71. The van der Waals surface area contributed by atoms with Crippen LogP contribution in [0.25, 0.3) is 0 Å². The van der Waals surface area contributed by atoms with Crippen molar-refractivity contribution in [3.05, 3.63) is 87.9 Å². The number of sulfonamides is 1. The van der Waals surface area contributed by atoms with Gasteiger partial charge in [-0.05, 0) is 73.4 Å². The monoisotopic (exact) mass is 633 g/mol. The van der Waals surface area contributed by atoms with Crippen molar-refractivity contribution in [2.75, 3.05) is 24.5 Å². The minimum Gasteiger partial charge on any atom is -0.497 e. The molecule has 0 aromatic heterocycles. The number of benzene rings is 3. The molecule has 0 spiro atoms. The normalized spacial score (nSPS) is 12.1. The highest BCUT2D eigenvalue weighted by molar-refractivity contribution is 7.92. The molecule has 42 heavy (non-hydrogen) atoms. The quantitative estimate of drug-likeness (QED) is 0.246. The molecule has 0 fully saturated rings. The van der Waals surface area contributed by atoms with Gasteiger partial charge in [0.1, 0.15) is 18.3 Å². The Kier molecular flexibility index (Phi) is 11.7. The number of hydrogen-bond acceptors (Lipinski definition) is 5. The van der Waals surface area contributed by atoms with Gasteiger partial charge in [0.2, 0.25) is 11.8 Å². The van der Waals surface area contributed by atoms with E-state index in [1.54, 1.807) is 61.5 Å². The van der Waals surface area contributed by atoms with Crippen LogP contribution in [0.2, 0.25) is 10.0 Å². The summed E-state index contributed by atoms with van der Waals surface area (Å²) in [5.41, 5.74) is 1.81. The number of nitrogens with one attached hydrogen (secondary N) is 1. The van der Waals surface area contributed by atoms with Crippen molar-refractivity contribution >= 4 is 50.7 Å². The zero-order chi connectivity index (χ0) is 31.0. The summed E-state index contributed by atoms with van der Waals surface area (Å²) in [6.45, 7) is 7.50. The molecule has 2 amide bonds. The zero-order valence-corrected chi connectivity index (χ0v) is 26.8. The highest BCUT2D eigenvalue weighted by Crippen LogP contribution is 2.28. The lowest BCUT2D eigenvalue weighted by atomic mass is 10.1. The number of nitrogens with zero attached hydrogens (tertiary/aromatic N) is 2. The standard InChI is InChI=1S/C31H37Cl2N3O5S/c1-6-29(31(38)34-18-21(2)3)35(19-23-9-10-24(32)17-28(23)33)30(37)20-36(25-11-7-22(4)8-12-25)42(39,40)27-15-13-26(41-5)14-16-27/h7-17,21,29H,6,18-20H2,1-5H3,(H,34,38)/t29-/m1/s1. The van der Waals surface area contributed by atoms with Crippen LogP contribution >= 0.6 is 23.2 Å². The van der Waals surface area contributed by atoms with E-state index in [0.717, 1.165) is 9.87 Å². The van der Waals surface area contributed by atoms with Crippen LogP contribution in [0.3, 0.4) is 0 Å². The van der Waals surface area contributed by atoms with E-state index >= 15 is 0 Å². The van der Waals surface area contributed by atoms with Crippen molar-refractivity contribution in [2.45, 2.75) is 51.6 Å². The second-order valence-electron chi connectivity index (χ2n) is 10.3. The summed E-state index contributed by atoms with van der Waals surface area (Å²) < 4.78 is 34.2. The third kappa shape index (κ3) is 8.40. The number of carbonyl (C=O) groups is 2. The van der Waals surface area contributed by atoms with Crippen LogP contribution in [0, 0.1) is 12.8 Å². The first kappa shape index (κ1) is 33.2. The van der Waals surface area contributed by atoms with Gasteiger partial charge in [-0.25, -0.2) is 8.42 Å². The maximum atomic E-state index is 14.1. The molecule has 8 nitrogen and oxygen atoms in total. The molecule has 0 radical (unpaired) electrons. The summed E-state index contributed by atoms with van der Waals surface area (Å²) in [6.07, 6.45) is 0.302. The van der Waals surface area contributed by atoms with E-state index in [1.165, 1.54) is 24.1 Å². The van der Waals surface area contributed by atoms with E-state index in [1.807, 2.05) is 20.8 Å². The Balaban J connectivity index is 2.06. The van der Waals surface area contributed by atoms with Gasteiger partial charge in [0, 0.05) is 23.1 Å². The number of halogens is 2. The van der Waals surface area contributed by atoms with Crippen LogP contribution in [-0.4, -0.2) is 51.4 Å². The minimum absolute atomic E-state index is 0.00862. The lowest BCUT2D eigenvalue weighted by Gasteiger charge is -2.33. The molecule has 11 heteroatoms. The fourth-order valence-corrected chi connectivity index (χ4v) is 6.17. The van der Waals surface area contributed by atoms with Crippen LogP contribution in [0.5, 0.6) is 5.75 Å². The van der Waals surface area contributed by atoms with Gasteiger partial charge in [0.05, 0.1) is 17.7 Å². The number of methoxy groups -OCH3 is 1. The average molecular weight is 635 g/mol. The fraction of sp³-hybridized carbons (Fsp3) is 0.355. The predicted octanol–water partition coefficient (Wildman–Crippen LogP) is 6.09. The first-order valence-corrected chi connectivity index (χ1v) is 15.8. The summed E-state index contributed by atoms with van der Waals surface area (Å²) in [4.78, 5) is 28.8. The second kappa shape index (κ2) is 14.8. The molecule has 3 rings (SSSR count). The Morgan fingerprint density at radius 3 is 2.17 bits per heavy atom. The summed E-state index contributed by atoms with van der Waals surface area (Å²) >= 11 is 12.6. The molecule has 0 saturated carbocycles. The van der Waals surface area contributed by atoms with Gasteiger partial charge in [-0.2, -0.15) is 0 Å². The third-order valence-corrected chi connectivity index (χ3v) is 9.05. The van der Waals surface area contributed by atoms with Gasteiger partial charge in [-0.15, -0.1) is 0 Å². The smallest absolute Gasteiger partial charge is 0.264 e. The Morgan fingerprint density at radius 1 is 0.976 bits per heavy atom. The number of rotatable bonds is 13. The SMILES string of the molecule is CC[C@H](C(=O)NCC(C)C)N(Cc1ccc(Cl)cc1Cl)C(=O)CN(c1ccc(C)cc1)S(=O)(=O)c1ccc(OC)cc1. The molecule has 3 aromatic carbocycles. The maximum Gasteiger partial charge on any atom is 0.264 e. The van der Waals surface area contributed by atoms with Gasteiger partial charge < -0.3 is 15.0 Å². The largest absolute Gasteiger partial charge is 0.497 e. The van der Waals surface area contributed by atoms with E-state index in [2.05, 4.69) is 5.32 Å². The third-order valence-electron chi connectivity index (χ3n) is 6.67. The average Bonchev–Trinajstić information content (AvgIpc) is 2.96. The molecular formula is C31H37Cl2N3O5S. The predicted molar refractivity (Wildman–Crippen MR) is 168 cm³/mol. The molecular weight excluding hydrogens is 597 g/mol. The topological polar surface area (TPSA) is 96.0 Å². The number of anilines is 1. The Bertz CT molecular complexity index is 1480. The highest BCUT2D eigenvalue weighted by atomic mass is 35.5. The van der Waals surface area contributed by atoms with E-state index < -0.39 is 28.5 Å². The molecule has 226 valence electrons. The van der Waals surface area contributed by atoms with Gasteiger partial charge in [-0.3, -0.25) is 13.9 Å². The van der Waals surface area contributed by atoms with Crippen molar-refractivity contribution in [1.29, 1.82) is 0 Å². The number of aryl methyl sites for hydroxylation is 1. The molecule has 0 bridgehead atoms. The number of ether oxygens (including phenoxy) is 1. The summed E-state index contributed by atoms with van der Waals surface area (Å²) in [5.74, 6) is -0.195. The van der Waals surface area contributed by atoms with E-state index in [-0.39, 0.29) is 23.3 Å². The molecule has 0 aliphatic heterocycles. The molecule has 0 heterocycles. The molecule has 0 saturated heterocycles. The molecule has 1 N–H and O–H groups in total. The minimum atomic E-state index is -4.20. The van der Waals surface area contributed by atoms with Gasteiger partial charge >= 0.3 is 0 Å². The van der Waals surface area contributed by atoms with Crippen molar-refractivity contribution < 1.29 is 22.7 Å². The highest BCUT2D eigenvalue weighted by Gasteiger charge is 2.34. The molecule has 0 aliphatic carbocycles. The van der Waals surface area contributed by atoms with E-state index in [0.29, 0.717) is 40.0 Å². The summed E-state index contributed by atoms with van der Waals surface area (Å²) in [6, 6.07) is 16.8. The van der Waals surface area contributed by atoms with Crippen LogP contribution in [-0.2, 0) is 26.2 Å². The van der Waals surface area contributed by atoms with Crippen LogP contribution < -0.4 is 14.4 Å². The molecule has 3 aromatic rings. The summed E-state index contributed by atoms with van der Waals surface area (Å²) in [5, 5.41) is 3.67. The van der Waals surface area contributed by atoms with Crippen molar-refractivity contribution in [3.8, 4) is 5.75 Å². The number of hydrogen-bond donors (Lipinski definition) is 1. The van der Waals surface area contributed by atoms with Crippen LogP contribution in [0.4, 0.5) is 5.69 Å². The Morgan fingerprint density at radius 2 is 1.62 bits per heavy atom. The zero-order valence-electron chi connectivity index (χ0n) is 24.4. The van der Waals surface area contributed by atoms with Gasteiger partial charge in [-0.1, -0.05) is 67.7 Å². The second-order valence-corrected chi connectivity index (χ2v) is 13.0. The molecule has 0 unspecified atom stereocenters. The lowest BCUT2D eigenvalue weighted by molar-refractivity contribution is -0.140. The van der Waals surface area contributed by atoms with Gasteiger partial charge in [0.25, 0.3) is 10.0 Å². The number of amides is 2. The molecule has 1 atom stereocenters. The first-order valence-electron chi connectivity index (χ1n) is 13.6. The van der Waals surface area contributed by atoms with Crippen LogP contribution in [0.1, 0.15) is 38.3 Å². The Labute approximate surface area is 258 Å². The molecule has 0 aliphatic rings. The fourth-order valence-electron chi connectivity index (χ4n) is 4.29. The Hall–Kier alpha value is -3.27.